The van der Waals surface area contributed by atoms with Gasteiger partial charge in [-0.15, -0.1) is 23.0 Å². The standard InChI is InChI=1S/C21H20ClN3S/c1-4-13-25-20(18-9-11-19(22)12-10-18)14-26-21(25)24-23-16(3)17-7-5-15(2)6-8-17/h4-12,14H,1,13H2,2-3H3. The summed E-state index contributed by atoms with van der Waals surface area (Å²) in [5.74, 6) is 0. The molecular weight excluding hydrogens is 362 g/mol. The van der Waals surface area contributed by atoms with Gasteiger partial charge in [0.05, 0.1) is 11.4 Å². The Balaban J connectivity index is 2.00. The number of halogens is 1. The van der Waals surface area contributed by atoms with Crippen molar-refractivity contribution in [3.05, 3.63) is 87.5 Å². The number of hydrogen-bond acceptors (Lipinski definition) is 3. The van der Waals surface area contributed by atoms with Crippen LogP contribution in [0.1, 0.15) is 18.1 Å². The average molecular weight is 382 g/mol. The molecule has 1 heterocycles. The van der Waals surface area contributed by atoms with Crippen LogP contribution in [0.2, 0.25) is 5.02 Å². The SMILES string of the molecule is C=CCn1c(-c2ccc(Cl)cc2)csc1=NN=C(C)c1ccc(C)cc1. The summed E-state index contributed by atoms with van der Waals surface area (Å²) < 4.78 is 2.10. The lowest BCUT2D eigenvalue weighted by Crippen LogP contribution is -2.15. The van der Waals surface area contributed by atoms with Crippen molar-refractivity contribution < 1.29 is 0 Å². The summed E-state index contributed by atoms with van der Waals surface area (Å²) >= 11 is 7.56. The van der Waals surface area contributed by atoms with Gasteiger partial charge in [-0.3, -0.25) is 0 Å². The van der Waals surface area contributed by atoms with Gasteiger partial charge in [-0.1, -0.05) is 59.6 Å². The predicted octanol–water partition coefficient (Wildman–Crippen LogP) is 5.69. The Bertz CT molecular complexity index is 993. The molecule has 0 unspecified atom stereocenters. The monoisotopic (exact) mass is 381 g/mol. The fourth-order valence-electron chi connectivity index (χ4n) is 2.54. The largest absolute Gasteiger partial charge is 0.311 e. The first-order chi connectivity index (χ1) is 12.6. The van der Waals surface area contributed by atoms with Crippen molar-refractivity contribution in [3.8, 4) is 11.3 Å². The van der Waals surface area contributed by atoms with E-state index < -0.39 is 0 Å². The molecule has 0 amide bonds. The topological polar surface area (TPSA) is 29.6 Å². The summed E-state index contributed by atoms with van der Waals surface area (Å²) in [5.41, 5.74) is 5.36. The molecule has 3 aromatic rings. The van der Waals surface area contributed by atoms with E-state index >= 15 is 0 Å². The van der Waals surface area contributed by atoms with Gasteiger partial charge in [-0.2, -0.15) is 5.10 Å². The van der Waals surface area contributed by atoms with E-state index in [1.54, 1.807) is 11.3 Å². The molecule has 0 saturated carbocycles. The van der Waals surface area contributed by atoms with Crippen molar-refractivity contribution in [2.75, 3.05) is 0 Å². The Labute approximate surface area is 162 Å². The van der Waals surface area contributed by atoms with E-state index in [9.17, 15) is 0 Å². The van der Waals surface area contributed by atoms with Gasteiger partial charge in [0.25, 0.3) is 0 Å². The molecule has 5 heteroatoms. The minimum absolute atomic E-state index is 0.666. The first-order valence-electron chi connectivity index (χ1n) is 8.29. The third-order valence-electron chi connectivity index (χ3n) is 4.00. The van der Waals surface area contributed by atoms with Gasteiger partial charge in [0.2, 0.25) is 4.80 Å². The van der Waals surface area contributed by atoms with Crippen LogP contribution in [-0.2, 0) is 6.54 Å². The Kier molecular flexibility index (Phi) is 5.86. The zero-order chi connectivity index (χ0) is 18.5. The summed E-state index contributed by atoms with van der Waals surface area (Å²) in [6, 6.07) is 16.1. The van der Waals surface area contributed by atoms with Gasteiger partial charge in [0.15, 0.2) is 0 Å². The normalized spacial score (nSPS) is 12.4. The molecule has 0 aliphatic carbocycles. The third-order valence-corrected chi connectivity index (χ3v) is 5.11. The lowest BCUT2D eigenvalue weighted by Gasteiger charge is -2.06. The molecule has 3 nitrogen and oxygen atoms in total. The maximum atomic E-state index is 6.00. The molecule has 0 saturated heterocycles. The number of aryl methyl sites for hydroxylation is 1. The van der Waals surface area contributed by atoms with Crippen molar-refractivity contribution in [2.45, 2.75) is 20.4 Å². The van der Waals surface area contributed by atoms with E-state index in [-0.39, 0.29) is 0 Å². The highest BCUT2D eigenvalue weighted by Gasteiger charge is 2.07. The highest BCUT2D eigenvalue weighted by Crippen LogP contribution is 2.22. The lowest BCUT2D eigenvalue weighted by molar-refractivity contribution is 0.788. The number of allylic oxidation sites excluding steroid dienone is 1. The van der Waals surface area contributed by atoms with Crippen LogP contribution in [0.15, 0.2) is 76.8 Å². The Morgan fingerprint density at radius 3 is 2.50 bits per heavy atom. The zero-order valence-electron chi connectivity index (χ0n) is 14.8. The van der Waals surface area contributed by atoms with E-state index in [1.807, 2.05) is 37.3 Å². The van der Waals surface area contributed by atoms with Crippen LogP contribution in [0.25, 0.3) is 11.3 Å². The maximum Gasteiger partial charge on any atom is 0.211 e. The van der Waals surface area contributed by atoms with Crippen LogP contribution < -0.4 is 4.80 Å². The molecule has 0 aliphatic heterocycles. The summed E-state index contributed by atoms with van der Waals surface area (Å²) in [4.78, 5) is 0.835. The number of aromatic nitrogens is 1. The highest BCUT2D eigenvalue weighted by atomic mass is 35.5. The van der Waals surface area contributed by atoms with E-state index in [1.165, 1.54) is 5.56 Å². The number of rotatable bonds is 5. The summed E-state index contributed by atoms with van der Waals surface area (Å²) in [6.45, 7) is 8.57. The van der Waals surface area contributed by atoms with Gasteiger partial charge < -0.3 is 4.57 Å². The number of thiazole rings is 1. The van der Waals surface area contributed by atoms with Crippen LogP contribution in [0.3, 0.4) is 0 Å². The quantitative estimate of drug-likeness (QED) is 0.309. The molecule has 0 spiro atoms. The second kappa shape index (κ2) is 8.30. The lowest BCUT2D eigenvalue weighted by atomic mass is 10.1. The molecule has 0 bridgehead atoms. The summed E-state index contributed by atoms with van der Waals surface area (Å²) in [7, 11) is 0. The van der Waals surface area contributed by atoms with Crippen LogP contribution >= 0.6 is 22.9 Å². The third kappa shape index (κ3) is 4.21. The molecule has 0 radical (unpaired) electrons. The fourth-order valence-corrected chi connectivity index (χ4v) is 3.53. The molecule has 0 aliphatic rings. The molecule has 3 rings (SSSR count). The number of hydrogen-bond donors (Lipinski definition) is 0. The second-order valence-corrected chi connectivity index (χ2v) is 7.23. The van der Waals surface area contributed by atoms with Crippen molar-refractivity contribution >= 4 is 28.6 Å². The molecule has 2 aromatic carbocycles. The van der Waals surface area contributed by atoms with E-state index in [0.717, 1.165) is 32.4 Å². The van der Waals surface area contributed by atoms with Gasteiger partial charge in [-0.25, -0.2) is 0 Å². The van der Waals surface area contributed by atoms with Gasteiger partial charge in [-0.05, 0) is 37.1 Å². The molecule has 26 heavy (non-hydrogen) atoms. The Hall–Kier alpha value is -2.43. The van der Waals surface area contributed by atoms with Crippen LogP contribution in [-0.4, -0.2) is 10.3 Å². The van der Waals surface area contributed by atoms with Crippen molar-refractivity contribution in [2.24, 2.45) is 10.2 Å². The Morgan fingerprint density at radius 2 is 1.85 bits per heavy atom. The van der Waals surface area contributed by atoms with Crippen molar-refractivity contribution in [1.82, 2.24) is 4.57 Å². The number of nitrogens with zero attached hydrogens (tertiary/aromatic N) is 3. The molecule has 0 fully saturated rings. The minimum Gasteiger partial charge on any atom is -0.311 e. The number of benzene rings is 2. The van der Waals surface area contributed by atoms with E-state index in [0.29, 0.717) is 6.54 Å². The molecule has 1 aromatic heterocycles. The molecule has 0 N–H and O–H groups in total. The van der Waals surface area contributed by atoms with Gasteiger partial charge in [0, 0.05) is 16.9 Å². The molecule has 0 atom stereocenters. The second-order valence-electron chi connectivity index (χ2n) is 5.96. The first-order valence-corrected chi connectivity index (χ1v) is 9.54. The van der Waals surface area contributed by atoms with Crippen molar-refractivity contribution in [1.29, 1.82) is 0 Å². The smallest absolute Gasteiger partial charge is 0.211 e. The predicted molar refractivity (Wildman–Crippen MR) is 112 cm³/mol. The zero-order valence-corrected chi connectivity index (χ0v) is 16.4. The minimum atomic E-state index is 0.666. The Morgan fingerprint density at radius 1 is 1.15 bits per heavy atom. The molecular formula is C21H20ClN3S. The van der Waals surface area contributed by atoms with E-state index in [2.05, 4.69) is 57.9 Å². The van der Waals surface area contributed by atoms with Gasteiger partial charge in [0.1, 0.15) is 0 Å². The van der Waals surface area contributed by atoms with Gasteiger partial charge >= 0.3 is 0 Å². The summed E-state index contributed by atoms with van der Waals surface area (Å²) in [5, 5.41) is 11.7. The average Bonchev–Trinajstić information content (AvgIpc) is 3.04. The van der Waals surface area contributed by atoms with Crippen LogP contribution in [0.5, 0.6) is 0 Å². The first kappa shape index (κ1) is 18.4. The maximum absolute atomic E-state index is 6.00. The highest BCUT2D eigenvalue weighted by molar-refractivity contribution is 7.07. The van der Waals surface area contributed by atoms with Crippen molar-refractivity contribution in [3.63, 3.8) is 0 Å². The van der Waals surface area contributed by atoms with Crippen LogP contribution in [0.4, 0.5) is 0 Å². The molecule has 132 valence electrons. The van der Waals surface area contributed by atoms with Crippen LogP contribution in [0, 0.1) is 6.92 Å². The van der Waals surface area contributed by atoms with E-state index in [4.69, 9.17) is 11.6 Å². The summed E-state index contributed by atoms with van der Waals surface area (Å²) in [6.07, 6.45) is 1.86. The fraction of sp³-hybridized carbons (Fsp3) is 0.143.